The van der Waals surface area contributed by atoms with Crippen LogP contribution in [0, 0.1) is 0 Å². The third kappa shape index (κ3) is 4.41. The number of benzene rings is 1. The average Bonchev–Trinajstić information content (AvgIpc) is 2.79. The minimum Gasteiger partial charge on any atom is -0.383 e. The van der Waals surface area contributed by atoms with Gasteiger partial charge in [0.25, 0.3) is 15.9 Å². The Hall–Kier alpha value is -1.86. The molecule has 0 fully saturated rings. The topological polar surface area (TPSA) is 75.7 Å². The zero-order chi connectivity index (χ0) is 18.3. The minimum atomic E-state index is -3.88. The van der Waals surface area contributed by atoms with Gasteiger partial charge in [0.1, 0.15) is 10.6 Å². The molecule has 0 spiro atoms. The Balaban J connectivity index is 2.31. The van der Waals surface area contributed by atoms with Gasteiger partial charge in [0, 0.05) is 13.7 Å². The highest BCUT2D eigenvalue weighted by Crippen LogP contribution is 2.34. The van der Waals surface area contributed by atoms with Crippen LogP contribution in [0.4, 0.5) is 0 Å². The van der Waals surface area contributed by atoms with Crippen LogP contribution in [0.5, 0.6) is 0 Å². The molecule has 0 aliphatic carbocycles. The molecule has 1 amide bonds. The van der Waals surface area contributed by atoms with Crippen LogP contribution in [0.15, 0.2) is 36.0 Å². The Morgan fingerprint density at radius 3 is 2.48 bits per heavy atom. The van der Waals surface area contributed by atoms with Gasteiger partial charge in [-0.3, -0.25) is 4.79 Å². The van der Waals surface area contributed by atoms with E-state index in [0.29, 0.717) is 12.1 Å². The van der Waals surface area contributed by atoms with Gasteiger partial charge in [-0.15, -0.1) is 0 Å². The van der Waals surface area contributed by atoms with Crippen molar-refractivity contribution >= 4 is 20.8 Å². The van der Waals surface area contributed by atoms with Gasteiger partial charge in [0.2, 0.25) is 0 Å². The van der Waals surface area contributed by atoms with Gasteiger partial charge in [-0.25, -0.2) is 12.7 Å². The van der Waals surface area contributed by atoms with Crippen LogP contribution in [0.1, 0.15) is 38.2 Å². The molecule has 1 aliphatic heterocycles. The number of carbonyl (C=O) groups is 1. The number of nitrogens with zero attached hydrogens (tertiary/aromatic N) is 1. The number of hydrogen-bond donors (Lipinski definition) is 1. The summed E-state index contributed by atoms with van der Waals surface area (Å²) in [5.41, 5.74) is 0.686. The molecule has 0 atom stereocenters. The summed E-state index contributed by atoms with van der Waals surface area (Å²) in [4.78, 5) is 12.8. The molecular formula is C18H26N2O4S. The number of rotatable bonds is 10. The third-order valence-electron chi connectivity index (χ3n) is 4.08. The van der Waals surface area contributed by atoms with E-state index in [9.17, 15) is 13.2 Å². The standard InChI is InChI=1S/C18H26N2O4S/c1-3-4-5-9-12-19-16-17(15-10-7-6-8-11-15)25(22,23)20(18(16)21)13-14-24-2/h6-8,10-11,19H,3-5,9,12-14H2,1-2H3. The second-order valence-electron chi connectivity index (χ2n) is 5.93. The van der Waals surface area contributed by atoms with Crippen molar-refractivity contribution in [3.63, 3.8) is 0 Å². The van der Waals surface area contributed by atoms with Crippen molar-refractivity contribution in [3.8, 4) is 0 Å². The molecule has 1 aromatic rings. The molecule has 1 aliphatic rings. The fourth-order valence-corrected chi connectivity index (χ4v) is 4.47. The lowest BCUT2D eigenvalue weighted by Crippen LogP contribution is -2.36. The number of methoxy groups -OCH3 is 1. The lowest BCUT2D eigenvalue weighted by molar-refractivity contribution is -0.122. The SMILES string of the molecule is CCCCCCNC1=C(c2ccccc2)S(=O)(=O)N(CCOC)C1=O. The van der Waals surface area contributed by atoms with Crippen molar-refractivity contribution in [2.75, 3.05) is 26.8 Å². The number of sulfonamides is 1. The largest absolute Gasteiger partial charge is 0.383 e. The average molecular weight is 366 g/mol. The van der Waals surface area contributed by atoms with Gasteiger partial charge >= 0.3 is 0 Å². The van der Waals surface area contributed by atoms with Crippen molar-refractivity contribution in [1.82, 2.24) is 9.62 Å². The van der Waals surface area contributed by atoms with E-state index in [-0.39, 0.29) is 23.8 Å². The number of nitrogens with one attached hydrogen (secondary N) is 1. The highest BCUT2D eigenvalue weighted by Gasteiger charge is 2.44. The van der Waals surface area contributed by atoms with E-state index in [1.807, 2.05) is 6.07 Å². The maximum absolute atomic E-state index is 12.9. The monoisotopic (exact) mass is 366 g/mol. The summed E-state index contributed by atoms with van der Waals surface area (Å²) in [5.74, 6) is -0.508. The van der Waals surface area contributed by atoms with Crippen LogP contribution in [0.3, 0.4) is 0 Å². The van der Waals surface area contributed by atoms with Gasteiger partial charge in [0.05, 0.1) is 13.2 Å². The van der Waals surface area contributed by atoms with Crippen molar-refractivity contribution in [2.24, 2.45) is 0 Å². The number of unbranched alkanes of at least 4 members (excludes halogenated alkanes) is 3. The summed E-state index contributed by atoms with van der Waals surface area (Å²) in [6.45, 7) is 2.88. The number of ether oxygens (including phenoxy) is 1. The summed E-state index contributed by atoms with van der Waals surface area (Å²) >= 11 is 0. The fourth-order valence-electron chi connectivity index (χ4n) is 2.77. The van der Waals surface area contributed by atoms with Crippen LogP contribution >= 0.6 is 0 Å². The quantitative estimate of drug-likeness (QED) is 0.643. The van der Waals surface area contributed by atoms with Crippen LogP contribution < -0.4 is 5.32 Å². The number of carbonyl (C=O) groups excluding carboxylic acids is 1. The lowest BCUT2D eigenvalue weighted by atomic mass is 10.1. The fraction of sp³-hybridized carbons (Fsp3) is 0.500. The second-order valence-corrected chi connectivity index (χ2v) is 7.73. The highest BCUT2D eigenvalue weighted by atomic mass is 32.2. The molecule has 0 saturated heterocycles. The van der Waals surface area contributed by atoms with Gasteiger partial charge in [-0.1, -0.05) is 56.5 Å². The van der Waals surface area contributed by atoms with Crippen LogP contribution in [-0.2, 0) is 19.6 Å². The number of amides is 1. The maximum atomic E-state index is 12.9. The van der Waals surface area contributed by atoms with E-state index >= 15 is 0 Å². The molecule has 1 heterocycles. The Kier molecular flexibility index (Phi) is 7.01. The molecule has 0 bridgehead atoms. The second kappa shape index (κ2) is 9.01. The maximum Gasteiger partial charge on any atom is 0.285 e. The molecule has 138 valence electrons. The zero-order valence-corrected chi connectivity index (χ0v) is 15.6. The van der Waals surface area contributed by atoms with Crippen LogP contribution in [0.2, 0.25) is 0 Å². The highest BCUT2D eigenvalue weighted by molar-refractivity contribution is 7.99. The Bertz CT molecular complexity index is 714. The molecule has 0 unspecified atom stereocenters. The van der Waals surface area contributed by atoms with E-state index in [2.05, 4.69) is 12.2 Å². The molecular weight excluding hydrogens is 340 g/mol. The molecule has 25 heavy (non-hydrogen) atoms. The van der Waals surface area contributed by atoms with Gasteiger partial charge in [-0.2, -0.15) is 0 Å². The first-order valence-corrected chi connectivity index (χ1v) is 10.1. The molecule has 0 saturated carbocycles. The molecule has 6 nitrogen and oxygen atoms in total. The van der Waals surface area contributed by atoms with Crippen molar-refractivity contribution < 1.29 is 17.9 Å². The Morgan fingerprint density at radius 2 is 1.84 bits per heavy atom. The summed E-state index contributed by atoms with van der Waals surface area (Å²) in [5, 5.41) is 3.07. The molecule has 1 N–H and O–H groups in total. The Morgan fingerprint density at radius 1 is 1.12 bits per heavy atom. The molecule has 1 aromatic carbocycles. The van der Waals surface area contributed by atoms with E-state index in [4.69, 9.17) is 4.74 Å². The predicted molar refractivity (Wildman–Crippen MR) is 98.0 cm³/mol. The summed E-state index contributed by atoms with van der Waals surface area (Å²) < 4.78 is 31.7. The van der Waals surface area contributed by atoms with Gasteiger partial charge < -0.3 is 10.1 Å². The predicted octanol–water partition coefficient (Wildman–Crippen LogP) is 2.34. The van der Waals surface area contributed by atoms with E-state index in [0.717, 1.165) is 30.0 Å². The molecule has 0 aromatic heterocycles. The number of hydrogen-bond acceptors (Lipinski definition) is 5. The van der Waals surface area contributed by atoms with E-state index in [1.165, 1.54) is 7.11 Å². The first-order chi connectivity index (χ1) is 12.0. The Labute approximate surface area is 149 Å². The normalized spacial score (nSPS) is 16.6. The van der Waals surface area contributed by atoms with Crippen molar-refractivity contribution in [1.29, 1.82) is 0 Å². The molecule has 2 rings (SSSR count). The smallest absolute Gasteiger partial charge is 0.285 e. The van der Waals surface area contributed by atoms with Crippen molar-refractivity contribution in [2.45, 2.75) is 32.6 Å². The third-order valence-corrected chi connectivity index (χ3v) is 5.97. The van der Waals surface area contributed by atoms with Gasteiger partial charge in [-0.05, 0) is 12.0 Å². The van der Waals surface area contributed by atoms with Crippen LogP contribution in [0.25, 0.3) is 4.91 Å². The molecule has 7 heteroatoms. The van der Waals surface area contributed by atoms with Crippen LogP contribution in [-0.4, -0.2) is 45.4 Å². The first kappa shape index (κ1) is 19.5. The molecule has 0 radical (unpaired) electrons. The summed E-state index contributed by atoms with van der Waals surface area (Å²) in [7, 11) is -2.40. The minimum absolute atomic E-state index is 0.00894. The van der Waals surface area contributed by atoms with Crippen molar-refractivity contribution in [3.05, 3.63) is 41.6 Å². The van der Waals surface area contributed by atoms with E-state index in [1.54, 1.807) is 24.3 Å². The summed E-state index contributed by atoms with van der Waals surface area (Å²) in [6, 6.07) is 8.75. The summed E-state index contributed by atoms with van der Waals surface area (Å²) in [6.07, 6.45) is 4.19. The van der Waals surface area contributed by atoms with Gasteiger partial charge in [0.15, 0.2) is 0 Å². The van der Waals surface area contributed by atoms with E-state index < -0.39 is 15.9 Å². The first-order valence-electron chi connectivity index (χ1n) is 8.63. The lowest BCUT2D eigenvalue weighted by Gasteiger charge is -2.15. The zero-order valence-electron chi connectivity index (χ0n) is 14.8.